The van der Waals surface area contributed by atoms with E-state index < -0.39 is 11.3 Å². The van der Waals surface area contributed by atoms with Crippen molar-refractivity contribution in [1.29, 1.82) is 0 Å². The Hall–Kier alpha value is -2.96. The molecular weight excluding hydrogens is 420 g/mol. The van der Waals surface area contributed by atoms with Crippen LogP contribution in [0.5, 0.6) is 11.5 Å². The average Bonchev–Trinajstić information content (AvgIpc) is 2.78. The summed E-state index contributed by atoms with van der Waals surface area (Å²) in [5.74, 6) is 0.256. The number of rotatable bonds is 9. The fourth-order valence-electron chi connectivity index (χ4n) is 4.43. The Morgan fingerprint density at radius 2 is 1.85 bits per heavy atom. The third-order valence-electron chi connectivity index (χ3n) is 6.31. The van der Waals surface area contributed by atoms with Crippen molar-refractivity contribution in [3.05, 3.63) is 50.7 Å². The summed E-state index contributed by atoms with van der Waals surface area (Å²) < 4.78 is 13.6. The van der Waals surface area contributed by atoms with E-state index in [4.69, 9.17) is 9.47 Å². The van der Waals surface area contributed by atoms with E-state index in [1.807, 2.05) is 16.7 Å². The van der Waals surface area contributed by atoms with Crippen LogP contribution in [0, 0.1) is 10.3 Å². The molecule has 1 amide bonds. The van der Waals surface area contributed by atoms with E-state index in [-0.39, 0.29) is 17.0 Å². The number of ether oxygens (including phenoxy) is 2. The van der Waals surface area contributed by atoms with E-state index in [9.17, 15) is 14.5 Å². The number of carbonyl (C=O) groups excluding carboxylic acids is 1. The normalized spacial score (nSPS) is 14.9. The number of fused-ring (bicyclic) bond motifs is 3. The summed E-state index contributed by atoms with van der Waals surface area (Å²) in [5.41, 5.74) is 1.71. The number of hydrogen-bond acceptors (Lipinski definition) is 5. The molecule has 1 aromatic heterocycles. The van der Waals surface area contributed by atoms with E-state index >= 15 is 0 Å². The molecule has 2 aromatic rings. The molecule has 1 aliphatic rings. The van der Waals surface area contributed by atoms with Gasteiger partial charge in [-0.2, -0.15) is 0 Å². The molecular formula is C26H34N2O5. The number of unbranched alkanes of at least 4 members (excludes halogenated alkanes) is 4. The molecule has 7 heteroatoms. The Kier molecular flexibility index (Phi) is 7.72. The van der Waals surface area contributed by atoms with Gasteiger partial charge < -0.3 is 14.0 Å². The van der Waals surface area contributed by atoms with Crippen LogP contribution in [-0.2, 0) is 6.42 Å². The van der Waals surface area contributed by atoms with E-state index in [1.165, 1.54) is 31.5 Å². The molecule has 0 spiro atoms. The lowest BCUT2D eigenvalue weighted by Crippen LogP contribution is -2.32. The minimum atomic E-state index is -1.05. The smallest absolute Gasteiger partial charge is 0.322 e. The van der Waals surface area contributed by atoms with E-state index in [0.717, 1.165) is 24.0 Å². The first kappa shape index (κ1) is 24.7. The average molecular weight is 455 g/mol. The molecule has 1 aliphatic heterocycles. The molecule has 7 nitrogen and oxygen atoms in total. The zero-order valence-corrected chi connectivity index (χ0v) is 20.3. The predicted molar refractivity (Wildman–Crippen MR) is 129 cm³/mol. The third-order valence-corrected chi connectivity index (χ3v) is 6.31. The van der Waals surface area contributed by atoms with Gasteiger partial charge in [-0.05, 0) is 36.0 Å². The topological polar surface area (TPSA) is 87.0 Å². The van der Waals surface area contributed by atoms with E-state index in [1.54, 1.807) is 7.11 Å². The van der Waals surface area contributed by atoms with Crippen molar-refractivity contribution in [2.75, 3.05) is 13.7 Å². The van der Waals surface area contributed by atoms with Crippen molar-refractivity contribution in [1.82, 2.24) is 4.57 Å². The Morgan fingerprint density at radius 3 is 2.48 bits per heavy atom. The highest BCUT2D eigenvalue weighted by molar-refractivity contribution is 5.94. The number of nitroso groups, excluding NO2 is 1. The van der Waals surface area contributed by atoms with Gasteiger partial charge in [0.2, 0.25) is 0 Å². The molecule has 2 heterocycles. The van der Waals surface area contributed by atoms with Crippen LogP contribution in [0.4, 0.5) is 0 Å². The molecule has 0 fully saturated rings. The number of amides is 1. The number of methoxy groups -OCH3 is 1. The molecule has 1 aromatic carbocycles. The van der Waals surface area contributed by atoms with Gasteiger partial charge in [-0.15, -0.1) is 4.91 Å². The summed E-state index contributed by atoms with van der Waals surface area (Å²) in [6.45, 7) is 9.16. The van der Waals surface area contributed by atoms with Crippen LogP contribution >= 0.6 is 0 Å². The van der Waals surface area contributed by atoms with Gasteiger partial charge in [-0.3, -0.25) is 9.59 Å². The fourth-order valence-corrected chi connectivity index (χ4v) is 4.43. The summed E-state index contributed by atoms with van der Waals surface area (Å²) in [7, 11) is 1.60. The van der Waals surface area contributed by atoms with E-state index in [2.05, 4.69) is 32.9 Å². The summed E-state index contributed by atoms with van der Waals surface area (Å²) in [6, 6.07) is 5.29. The van der Waals surface area contributed by atoms with Gasteiger partial charge in [0.15, 0.2) is 16.9 Å². The van der Waals surface area contributed by atoms with Crippen molar-refractivity contribution in [2.24, 2.45) is 10.6 Å². The van der Waals surface area contributed by atoms with Crippen LogP contribution in [0.25, 0.3) is 11.3 Å². The highest BCUT2D eigenvalue weighted by Crippen LogP contribution is 2.45. The van der Waals surface area contributed by atoms with Crippen LogP contribution in [0.15, 0.2) is 34.4 Å². The molecule has 178 valence electrons. The standard InChI is InChI=1S/C26H34N2O5/c1-6-7-8-9-10-11-33-23-12-17-13-24(26(2,3)4)28-16-19(25(30)27-31)21(29)15-20(28)18(17)14-22(23)32-5/h12,14-16,24H,6-11,13H2,1-5H3. The monoisotopic (exact) mass is 454 g/mol. The quantitative estimate of drug-likeness (QED) is 0.346. The van der Waals surface area contributed by atoms with Crippen molar-refractivity contribution in [2.45, 2.75) is 72.3 Å². The third kappa shape index (κ3) is 5.34. The molecule has 0 saturated carbocycles. The first-order chi connectivity index (χ1) is 15.7. The van der Waals surface area contributed by atoms with E-state index in [0.29, 0.717) is 30.2 Å². The van der Waals surface area contributed by atoms with Crippen molar-refractivity contribution in [3.8, 4) is 22.8 Å². The molecule has 1 atom stereocenters. The lowest BCUT2D eigenvalue weighted by Gasteiger charge is -2.39. The summed E-state index contributed by atoms with van der Waals surface area (Å²) in [6.07, 6.45) is 7.96. The van der Waals surface area contributed by atoms with Crippen LogP contribution in [0.3, 0.4) is 0 Å². The molecule has 33 heavy (non-hydrogen) atoms. The van der Waals surface area contributed by atoms with Crippen molar-refractivity contribution in [3.63, 3.8) is 0 Å². The number of aromatic nitrogens is 1. The van der Waals surface area contributed by atoms with Gasteiger partial charge in [-0.25, -0.2) is 0 Å². The Bertz CT molecular complexity index is 1080. The fraction of sp³-hybridized carbons (Fsp3) is 0.538. The number of carbonyl (C=O) groups is 1. The lowest BCUT2D eigenvalue weighted by atomic mass is 9.78. The van der Waals surface area contributed by atoms with Gasteiger partial charge in [0.1, 0.15) is 5.56 Å². The second kappa shape index (κ2) is 10.3. The van der Waals surface area contributed by atoms with Gasteiger partial charge in [0.05, 0.1) is 19.4 Å². The second-order valence-corrected chi connectivity index (χ2v) is 9.75. The zero-order chi connectivity index (χ0) is 24.2. The number of hydrogen-bond donors (Lipinski definition) is 0. The Balaban J connectivity index is 2.02. The minimum absolute atomic E-state index is 0.0332. The van der Waals surface area contributed by atoms with Crippen molar-refractivity contribution < 1.29 is 14.3 Å². The second-order valence-electron chi connectivity index (χ2n) is 9.75. The maximum atomic E-state index is 12.6. The maximum Gasteiger partial charge on any atom is 0.322 e. The Labute approximate surface area is 195 Å². The molecule has 0 radical (unpaired) electrons. The molecule has 1 unspecified atom stereocenters. The summed E-state index contributed by atoms with van der Waals surface area (Å²) in [4.78, 5) is 35.4. The van der Waals surface area contributed by atoms with Crippen LogP contribution < -0.4 is 14.9 Å². The molecule has 0 N–H and O–H groups in total. The highest BCUT2D eigenvalue weighted by Gasteiger charge is 2.34. The van der Waals surface area contributed by atoms with Gasteiger partial charge in [0, 0.05) is 29.0 Å². The first-order valence-corrected chi connectivity index (χ1v) is 11.7. The zero-order valence-electron chi connectivity index (χ0n) is 20.3. The van der Waals surface area contributed by atoms with Crippen LogP contribution in [-0.4, -0.2) is 24.2 Å². The van der Waals surface area contributed by atoms with Gasteiger partial charge in [0.25, 0.3) is 0 Å². The number of nitrogens with zero attached hydrogens (tertiary/aromatic N) is 2. The summed E-state index contributed by atoms with van der Waals surface area (Å²) >= 11 is 0. The molecule has 0 saturated heterocycles. The number of benzene rings is 1. The largest absolute Gasteiger partial charge is 0.493 e. The highest BCUT2D eigenvalue weighted by atomic mass is 16.5. The maximum absolute atomic E-state index is 12.6. The minimum Gasteiger partial charge on any atom is -0.493 e. The first-order valence-electron chi connectivity index (χ1n) is 11.7. The molecule has 0 bridgehead atoms. The molecule has 3 rings (SSSR count). The van der Waals surface area contributed by atoms with Crippen molar-refractivity contribution >= 4 is 5.91 Å². The van der Waals surface area contributed by atoms with Gasteiger partial charge in [-0.1, -0.05) is 53.4 Å². The Morgan fingerprint density at radius 1 is 1.12 bits per heavy atom. The lowest BCUT2D eigenvalue weighted by molar-refractivity contribution is 0.0998. The van der Waals surface area contributed by atoms with Crippen LogP contribution in [0.2, 0.25) is 0 Å². The predicted octanol–water partition coefficient (Wildman–Crippen LogP) is 5.92. The SMILES string of the molecule is CCCCCCCOc1cc2c(cc1OC)-c1cc(=O)c(C(=O)N=O)cn1C(C(C)(C)C)C2. The molecule has 0 aliphatic carbocycles. The van der Waals surface area contributed by atoms with Gasteiger partial charge >= 0.3 is 5.91 Å². The number of pyridine rings is 1. The summed E-state index contributed by atoms with van der Waals surface area (Å²) in [5, 5.41) is 2.45. The van der Waals surface area contributed by atoms with Crippen LogP contribution in [0.1, 0.15) is 81.8 Å².